The van der Waals surface area contributed by atoms with Gasteiger partial charge in [-0.3, -0.25) is 9.98 Å². The molecule has 1 unspecified atom stereocenters. The normalized spacial score (nSPS) is 28.5. The molecule has 0 amide bonds. The van der Waals surface area contributed by atoms with E-state index < -0.39 is 0 Å². The molecule has 0 N–H and O–H groups in total. The van der Waals surface area contributed by atoms with Crippen LogP contribution in [-0.2, 0) is 5.41 Å². The van der Waals surface area contributed by atoms with Gasteiger partial charge in [0.2, 0.25) is 0 Å². The Morgan fingerprint density at radius 3 is 2.75 bits per heavy atom. The lowest BCUT2D eigenvalue weighted by atomic mass is 9.90. The minimum atomic E-state index is 0.0942. The fourth-order valence-electron chi connectivity index (χ4n) is 3.65. The Morgan fingerprint density at radius 2 is 2.00 bits per heavy atom. The van der Waals surface area contributed by atoms with Gasteiger partial charge in [-0.15, -0.1) is 0 Å². The molecule has 0 radical (unpaired) electrons. The maximum absolute atomic E-state index is 5.08. The number of pyridine rings is 1. The van der Waals surface area contributed by atoms with Gasteiger partial charge in [0.1, 0.15) is 5.84 Å². The number of fused-ring (bicyclic) bond motifs is 3. The van der Waals surface area contributed by atoms with Gasteiger partial charge in [-0.25, -0.2) is 0 Å². The van der Waals surface area contributed by atoms with Crippen LogP contribution in [0.25, 0.3) is 0 Å². The monoisotopic (exact) mass is 321 g/mol. The molecular formula is C21H27N3. The Kier molecular flexibility index (Phi) is 3.45. The summed E-state index contributed by atoms with van der Waals surface area (Å²) in [5.74, 6) is 2.47. The molecule has 1 saturated carbocycles. The molecule has 0 saturated heterocycles. The van der Waals surface area contributed by atoms with E-state index in [2.05, 4.69) is 69.9 Å². The predicted octanol–water partition coefficient (Wildman–Crippen LogP) is 4.61. The number of nitrogens with zero attached hydrogens (tertiary/aromatic N) is 3. The zero-order chi connectivity index (χ0) is 17.1. The maximum atomic E-state index is 5.08. The SMILES string of the molecule is CC1=CC=CC(N2C[C@H]3C[C@H]3c3nc(C(C)(C)C)ccc32)=NC1C. The average molecular weight is 321 g/mol. The third kappa shape index (κ3) is 2.60. The van der Waals surface area contributed by atoms with E-state index in [0.717, 1.165) is 18.3 Å². The molecule has 3 nitrogen and oxygen atoms in total. The van der Waals surface area contributed by atoms with Crippen molar-refractivity contribution in [2.75, 3.05) is 11.4 Å². The van der Waals surface area contributed by atoms with Crippen LogP contribution < -0.4 is 4.90 Å². The highest BCUT2D eigenvalue weighted by molar-refractivity contribution is 6.07. The predicted molar refractivity (Wildman–Crippen MR) is 101 cm³/mol. The van der Waals surface area contributed by atoms with E-state index in [1.54, 1.807) is 0 Å². The molecule has 1 aliphatic carbocycles. The second kappa shape index (κ2) is 5.30. The standard InChI is InChI=1S/C21H27N3/c1-13-7-6-8-19(22-14(13)2)24-12-15-11-16(15)20-17(24)9-10-18(23-20)21(3,4)5/h6-10,14-16H,11-12H2,1-5H3/t14?,15-,16-/m1/s1. The second-order valence-corrected chi connectivity index (χ2v) is 8.50. The number of amidine groups is 1. The first-order valence-corrected chi connectivity index (χ1v) is 9.06. The average Bonchev–Trinajstić information content (AvgIpc) is 3.32. The van der Waals surface area contributed by atoms with Gasteiger partial charge < -0.3 is 4.90 Å². The van der Waals surface area contributed by atoms with E-state index in [1.807, 2.05) is 0 Å². The first-order chi connectivity index (χ1) is 11.3. The van der Waals surface area contributed by atoms with E-state index in [9.17, 15) is 0 Å². The van der Waals surface area contributed by atoms with Gasteiger partial charge in [0.25, 0.3) is 0 Å². The molecule has 0 spiro atoms. The van der Waals surface area contributed by atoms with Crippen molar-refractivity contribution in [3.05, 3.63) is 47.3 Å². The summed E-state index contributed by atoms with van der Waals surface area (Å²) in [6.07, 6.45) is 7.73. The van der Waals surface area contributed by atoms with Crippen molar-refractivity contribution in [3.8, 4) is 0 Å². The van der Waals surface area contributed by atoms with Crippen molar-refractivity contribution < 1.29 is 0 Å². The van der Waals surface area contributed by atoms with E-state index in [1.165, 1.54) is 29.1 Å². The molecule has 2 aliphatic heterocycles. The zero-order valence-corrected chi connectivity index (χ0v) is 15.4. The zero-order valence-electron chi connectivity index (χ0n) is 15.4. The number of aliphatic imine (C=N–C) groups is 1. The van der Waals surface area contributed by atoms with Gasteiger partial charge in [-0.2, -0.15) is 0 Å². The van der Waals surface area contributed by atoms with Crippen molar-refractivity contribution in [1.82, 2.24) is 4.98 Å². The number of allylic oxidation sites excluding steroid dienone is 2. The van der Waals surface area contributed by atoms with Crippen molar-refractivity contribution in [3.63, 3.8) is 0 Å². The Bertz CT molecular complexity index is 764. The van der Waals surface area contributed by atoms with Crippen LogP contribution >= 0.6 is 0 Å². The summed E-state index contributed by atoms with van der Waals surface area (Å²) in [4.78, 5) is 12.4. The quantitative estimate of drug-likeness (QED) is 0.698. The summed E-state index contributed by atoms with van der Waals surface area (Å²) in [7, 11) is 0. The summed E-state index contributed by atoms with van der Waals surface area (Å²) in [6.45, 7) is 12.1. The highest BCUT2D eigenvalue weighted by Gasteiger charge is 2.47. The van der Waals surface area contributed by atoms with Crippen LogP contribution in [0.3, 0.4) is 0 Å². The fraction of sp³-hybridized carbons (Fsp3) is 0.524. The van der Waals surface area contributed by atoms with Crippen molar-refractivity contribution in [1.29, 1.82) is 0 Å². The highest BCUT2D eigenvalue weighted by atomic mass is 15.2. The summed E-state index contributed by atoms with van der Waals surface area (Å²) >= 11 is 0. The molecule has 0 aromatic carbocycles. The number of rotatable bonds is 0. The second-order valence-electron chi connectivity index (χ2n) is 8.50. The van der Waals surface area contributed by atoms with Gasteiger partial charge in [0, 0.05) is 23.6 Å². The third-order valence-corrected chi connectivity index (χ3v) is 5.52. The van der Waals surface area contributed by atoms with Crippen LogP contribution in [0, 0.1) is 5.92 Å². The van der Waals surface area contributed by atoms with Gasteiger partial charge in [-0.1, -0.05) is 32.9 Å². The minimum Gasteiger partial charge on any atom is -0.325 e. The Balaban J connectivity index is 1.75. The molecule has 126 valence electrons. The molecule has 3 heteroatoms. The van der Waals surface area contributed by atoms with Crippen molar-refractivity contribution >= 4 is 11.5 Å². The summed E-state index contributed by atoms with van der Waals surface area (Å²) < 4.78 is 0. The molecule has 3 heterocycles. The lowest BCUT2D eigenvalue weighted by Crippen LogP contribution is -2.36. The number of hydrogen-bond acceptors (Lipinski definition) is 3. The first kappa shape index (κ1) is 15.6. The van der Waals surface area contributed by atoms with Gasteiger partial charge in [-0.05, 0) is 50.0 Å². The van der Waals surface area contributed by atoms with Gasteiger partial charge in [0.05, 0.1) is 17.4 Å². The number of anilines is 1. The Morgan fingerprint density at radius 1 is 1.21 bits per heavy atom. The molecule has 0 bridgehead atoms. The van der Waals surface area contributed by atoms with E-state index >= 15 is 0 Å². The van der Waals surface area contributed by atoms with Crippen LogP contribution in [-0.4, -0.2) is 23.4 Å². The summed E-state index contributed by atoms with van der Waals surface area (Å²) in [5, 5.41) is 0. The third-order valence-electron chi connectivity index (χ3n) is 5.52. The summed E-state index contributed by atoms with van der Waals surface area (Å²) in [5.41, 5.74) is 5.15. The molecule has 3 aliphatic rings. The van der Waals surface area contributed by atoms with E-state index in [0.29, 0.717) is 5.92 Å². The number of aromatic nitrogens is 1. The molecule has 1 fully saturated rings. The minimum absolute atomic E-state index is 0.0942. The van der Waals surface area contributed by atoms with Gasteiger partial charge in [0.15, 0.2) is 0 Å². The lowest BCUT2D eigenvalue weighted by molar-refractivity contribution is 0.563. The number of hydrogen-bond donors (Lipinski definition) is 0. The summed E-state index contributed by atoms with van der Waals surface area (Å²) in [6, 6.07) is 4.70. The topological polar surface area (TPSA) is 28.5 Å². The molecular weight excluding hydrogens is 294 g/mol. The molecule has 1 aromatic heterocycles. The van der Waals surface area contributed by atoms with Crippen LogP contribution in [0.5, 0.6) is 0 Å². The smallest absolute Gasteiger partial charge is 0.128 e. The molecule has 4 rings (SSSR count). The van der Waals surface area contributed by atoms with Crippen LogP contribution in [0.2, 0.25) is 0 Å². The lowest BCUT2D eigenvalue weighted by Gasteiger charge is -2.32. The van der Waals surface area contributed by atoms with Crippen LogP contribution in [0.1, 0.15) is 58.3 Å². The Labute approximate surface area is 145 Å². The molecule has 3 atom stereocenters. The van der Waals surface area contributed by atoms with Crippen molar-refractivity contribution in [2.45, 2.75) is 58.4 Å². The Hall–Kier alpha value is -1.90. The molecule has 24 heavy (non-hydrogen) atoms. The van der Waals surface area contributed by atoms with E-state index in [4.69, 9.17) is 9.98 Å². The van der Waals surface area contributed by atoms with Crippen LogP contribution in [0.15, 0.2) is 40.9 Å². The van der Waals surface area contributed by atoms with Gasteiger partial charge >= 0.3 is 0 Å². The largest absolute Gasteiger partial charge is 0.325 e. The van der Waals surface area contributed by atoms with Crippen LogP contribution in [0.4, 0.5) is 5.69 Å². The van der Waals surface area contributed by atoms with E-state index in [-0.39, 0.29) is 11.5 Å². The van der Waals surface area contributed by atoms with Crippen molar-refractivity contribution in [2.24, 2.45) is 10.9 Å². The fourth-order valence-corrected chi connectivity index (χ4v) is 3.65. The maximum Gasteiger partial charge on any atom is 0.128 e. The highest BCUT2D eigenvalue weighted by Crippen LogP contribution is 2.54. The molecule has 1 aromatic rings. The first-order valence-electron chi connectivity index (χ1n) is 9.06.